The number of carboxylic acids is 1. The zero-order valence-electron chi connectivity index (χ0n) is 18.2. The van der Waals surface area contributed by atoms with Crippen molar-refractivity contribution in [3.8, 4) is 0 Å². The number of benzene rings is 1. The second-order valence-corrected chi connectivity index (χ2v) is 10.3. The molecule has 0 radical (unpaired) electrons. The number of hydrogen-bond donors (Lipinski definition) is 2. The van der Waals surface area contributed by atoms with Crippen molar-refractivity contribution in [2.75, 3.05) is 13.1 Å². The lowest BCUT2D eigenvalue weighted by atomic mass is 10.0. The van der Waals surface area contributed by atoms with Gasteiger partial charge in [-0.2, -0.15) is 17.5 Å². The molecule has 1 amide bonds. The molecule has 34 heavy (non-hydrogen) atoms. The summed E-state index contributed by atoms with van der Waals surface area (Å²) in [5.74, 6) is -2.85. The summed E-state index contributed by atoms with van der Waals surface area (Å²) < 4.78 is 59.0. The van der Waals surface area contributed by atoms with E-state index in [0.29, 0.717) is 24.5 Å². The fourth-order valence-electron chi connectivity index (χ4n) is 3.91. The maximum Gasteiger partial charge on any atom is 0.490 e. The van der Waals surface area contributed by atoms with E-state index in [-0.39, 0.29) is 17.2 Å². The monoisotopic (exact) mass is 499 g/mol. The van der Waals surface area contributed by atoms with Crippen molar-refractivity contribution in [3.63, 3.8) is 0 Å². The van der Waals surface area contributed by atoms with Crippen molar-refractivity contribution in [1.82, 2.24) is 14.6 Å². The van der Waals surface area contributed by atoms with E-state index in [2.05, 4.69) is 10.3 Å². The fraction of sp³-hybridized carbons (Fsp3) is 0.409. The molecule has 1 saturated heterocycles. The SMILES string of the molecule is Cc1ccc(S(=O)(=O)N2CCC3(CC3C(=O)NCc3cccnc3)C2)cc1.O=C(O)C(F)(F)F. The molecule has 0 bridgehead atoms. The van der Waals surface area contributed by atoms with Gasteiger partial charge >= 0.3 is 12.1 Å². The van der Waals surface area contributed by atoms with Crippen LogP contribution < -0.4 is 5.32 Å². The summed E-state index contributed by atoms with van der Waals surface area (Å²) in [6.45, 7) is 3.28. The molecule has 2 aromatic rings. The van der Waals surface area contributed by atoms with Crippen LogP contribution in [-0.2, 0) is 26.2 Å². The van der Waals surface area contributed by atoms with Gasteiger partial charge in [0.2, 0.25) is 15.9 Å². The van der Waals surface area contributed by atoms with E-state index < -0.39 is 22.2 Å². The molecule has 2 fully saturated rings. The average molecular weight is 500 g/mol. The van der Waals surface area contributed by atoms with E-state index in [1.54, 1.807) is 24.5 Å². The van der Waals surface area contributed by atoms with Gasteiger partial charge in [0.05, 0.1) is 4.90 Å². The molecule has 1 aromatic carbocycles. The molecule has 12 heteroatoms. The number of hydrogen-bond acceptors (Lipinski definition) is 5. The Labute approximate surface area is 194 Å². The van der Waals surface area contributed by atoms with E-state index in [4.69, 9.17) is 9.90 Å². The van der Waals surface area contributed by atoms with Crippen LogP contribution >= 0.6 is 0 Å². The first kappa shape index (κ1) is 25.6. The zero-order chi connectivity index (χ0) is 25.1. The number of halogens is 3. The second kappa shape index (κ2) is 9.71. The summed E-state index contributed by atoms with van der Waals surface area (Å²) >= 11 is 0. The number of alkyl halides is 3. The molecule has 4 rings (SSSR count). The molecular formula is C22H24F3N3O5S. The third kappa shape index (κ3) is 5.92. The van der Waals surface area contributed by atoms with Crippen LogP contribution in [0, 0.1) is 18.3 Å². The third-order valence-electron chi connectivity index (χ3n) is 5.95. The molecule has 1 spiro atoms. The number of aromatic nitrogens is 1. The predicted molar refractivity (Wildman–Crippen MR) is 115 cm³/mol. The summed E-state index contributed by atoms with van der Waals surface area (Å²) in [5, 5.41) is 10.1. The van der Waals surface area contributed by atoms with Crippen LogP contribution in [0.2, 0.25) is 0 Å². The van der Waals surface area contributed by atoms with Crippen molar-refractivity contribution in [2.24, 2.45) is 11.3 Å². The van der Waals surface area contributed by atoms with Gasteiger partial charge < -0.3 is 10.4 Å². The maximum atomic E-state index is 12.9. The lowest BCUT2D eigenvalue weighted by Gasteiger charge is -2.17. The molecule has 8 nitrogen and oxygen atoms in total. The molecule has 2 atom stereocenters. The minimum atomic E-state index is -5.08. The van der Waals surface area contributed by atoms with Gasteiger partial charge in [-0.1, -0.05) is 23.8 Å². The number of carbonyl (C=O) groups excluding carboxylic acids is 1. The Morgan fingerprint density at radius 2 is 1.88 bits per heavy atom. The van der Waals surface area contributed by atoms with Crippen molar-refractivity contribution < 1.29 is 36.3 Å². The third-order valence-corrected chi connectivity index (χ3v) is 7.81. The minimum Gasteiger partial charge on any atom is -0.475 e. The first-order valence-electron chi connectivity index (χ1n) is 10.4. The van der Waals surface area contributed by atoms with Crippen LogP contribution in [-0.4, -0.2) is 54.0 Å². The Morgan fingerprint density at radius 1 is 1.24 bits per heavy atom. The molecule has 2 heterocycles. The highest BCUT2D eigenvalue weighted by molar-refractivity contribution is 7.89. The van der Waals surface area contributed by atoms with Crippen molar-refractivity contribution >= 4 is 21.9 Å². The van der Waals surface area contributed by atoms with Gasteiger partial charge in [-0.15, -0.1) is 0 Å². The zero-order valence-corrected chi connectivity index (χ0v) is 19.1. The molecule has 184 valence electrons. The topological polar surface area (TPSA) is 117 Å². The minimum absolute atomic E-state index is 0.00781. The standard InChI is InChI=1S/C20H23N3O3S.C2HF3O2/c1-15-4-6-17(7-5-15)27(25,26)23-10-8-20(14-23)11-18(20)19(24)22-13-16-3-2-9-21-12-16;3-2(4,5)1(6)7/h2-7,9,12,18H,8,10-11,13-14H2,1H3,(H,22,24);(H,6,7). The lowest BCUT2D eigenvalue weighted by Crippen LogP contribution is -2.31. The van der Waals surface area contributed by atoms with Gasteiger partial charge in [-0.05, 0) is 48.9 Å². The number of aryl methyl sites for hydroxylation is 1. The Bertz CT molecular complexity index is 1140. The second-order valence-electron chi connectivity index (χ2n) is 8.40. The predicted octanol–water partition coefficient (Wildman–Crippen LogP) is 2.74. The highest BCUT2D eigenvalue weighted by Crippen LogP contribution is 2.59. The van der Waals surface area contributed by atoms with Crippen LogP contribution in [0.1, 0.15) is 24.0 Å². The number of carboxylic acid groups (broad SMARTS) is 1. The van der Waals surface area contributed by atoms with Gasteiger partial charge in [0.1, 0.15) is 0 Å². The van der Waals surface area contributed by atoms with Crippen LogP contribution in [0.5, 0.6) is 0 Å². The normalized spacial score (nSPS) is 22.1. The molecule has 1 aliphatic carbocycles. The van der Waals surface area contributed by atoms with E-state index in [0.717, 1.165) is 24.0 Å². The lowest BCUT2D eigenvalue weighted by molar-refractivity contribution is -0.192. The first-order valence-corrected chi connectivity index (χ1v) is 11.8. The molecule has 2 unspecified atom stereocenters. The van der Waals surface area contributed by atoms with Gasteiger partial charge in [0, 0.05) is 37.9 Å². The van der Waals surface area contributed by atoms with Crippen LogP contribution in [0.25, 0.3) is 0 Å². The van der Waals surface area contributed by atoms with Crippen LogP contribution in [0.15, 0.2) is 53.7 Å². The highest BCUT2D eigenvalue weighted by atomic mass is 32.2. The van der Waals surface area contributed by atoms with Gasteiger partial charge in [0.25, 0.3) is 0 Å². The average Bonchev–Trinajstić information content (AvgIpc) is 3.31. The molecule has 2 aliphatic rings. The van der Waals surface area contributed by atoms with Gasteiger partial charge in [-0.25, -0.2) is 13.2 Å². The summed E-state index contributed by atoms with van der Waals surface area (Å²) in [7, 11) is -3.50. The quantitative estimate of drug-likeness (QED) is 0.654. The molecule has 1 saturated carbocycles. The van der Waals surface area contributed by atoms with E-state index >= 15 is 0 Å². The van der Waals surface area contributed by atoms with Crippen molar-refractivity contribution in [3.05, 3.63) is 59.9 Å². The summed E-state index contributed by atoms with van der Waals surface area (Å²) in [4.78, 5) is 25.8. The smallest absolute Gasteiger partial charge is 0.475 e. The summed E-state index contributed by atoms with van der Waals surface area (Å²) in [6, 6.07) is 10.7. The van der Waals surface area contributed by atoms with E-state index in [1.807, 2.05) is 31.2 Å². The number of aliphatic carboxylic acids is 1. The molecule has 1 aliphatic heterocycles. The molecule has 2 N–H and O–H groups in total. The van der Waals surface area contributed by atoms with E-state index in [1.165, 1.54) is 4.31 Å². The van der Waals surface area contributed by atoms with Gasteiger partial charge in [0.15, 0.2) is 0 Å². The molecular weight excluding hydrogens is 475 g/mol. The van der Waals surface area contributed by atoms with Crippen molar-refractivity contribution in [1.29, 1.82) is 0 Å². The Kier molecular flexibility index (Phi) is 7.32. The van der Waals surface area contributed by atoms with Crippen LogP contribution in [0.4, 0.5) is 13.2 Å². The maximum absolute atomic E-state index is 12.9. The van der Waals surface area contributed by atoms with Gasteiger partial charge in [-0.3, -0.25) is 9.78 Å². The Hall–Kier alpha value is -2.99. The number of rotatable bonds is 5. The highest BCUT2D eigenvalue weighted by Gasteiger charge is 2.62. The number of nitrogens with zero attached hydrogens (tertiary/aromatic N) is 2. The number of nitrogens with one attached hydrogen (secondary N) is 1. The Morgan fingerprint density at radius 3 is 2.44 bits per heavy atom. The summed E-state index contributed by atoms with van der Waals surface area (Å²) in [5.41, 5.74) is 1.78. The van der Waals surface area contributed by atoms with Crippen molar-refractivity contribution in [2.45, 2.75) is 37.4 Å². The number of sulfonamides is 1. The van der Waals surface area contributed by atoms with E-state index in [9.17, 15) is 26.4 Å². The number of pyridine rings is 1. The van der Waals surface area contributed by atoms with Crippen LogP contribution in [0.3, 0.4) is 0 Å². The number of amides is 1. The number of carbonyl (C=O) groups is 2. The fourth-order valence-corrected chi connectivity index (χ4v) is 5.44. The Balaban J connectivity index is 0.000000406. The first-order chi connectivity index (χ1) is 15.8. The summed E-state index contributed by atoms with van der Waals surface area (Å²) in [6.07, 6.45) is -0.161. The molecule has 1 aromatic heterocycles. The largest absolute Gasteiger partial charge is 0.490 e.